The summed E-state index contributed by atoms with van der Waals surface area (Å²) in [4.78, 5) is 27.2. The van der Waals surface area contributed by atoms with Gasteiger partial charge in [0.1, 0.15) is 29.7 Å². The molecule has 0 aliphatic carbocycles. The summed E-state index contributed by atoms with van der Waals surface area (Å²) in [5, 5.41) is 10.2. The number of anilines is 2. The van der Waals surface area contributed by atoms with Crippen molar-refractivity contribution in [1.29, 1.82) is 0 Å². The topological polar surface area (TPSA) is 97.7 Å². The molecule has 2 aromatic carbocycles. The summed E-state index contributed by atoms with van der Waals surface area (Å²) in [7, 11) is 3.04. The molecule has 10 heteroatoms. The van der Waals surface area contributed by atoms with Crippen molar-refractivity contribution in [1.82, 2.24) is 14.7 Å². The highest BCUT2D eigenvalue weighted by atomic mass is 19.1. The Bertz CT molecular complexity index is 1200. The van der Waals surface area contributed by atoms with Crippen LogP contribution in [0.1, 0.15) is 33.4 Å². The zero-order valence-corrected chi connectivity index (χ0v) is 21.4. The van der Waals surface area contributed by atoms with E-state index in [1.807, 2.05) is 20.8 Å². The normalized spacial score (nSPS) is 11.1. The molecule has 0 saturated heterocycles. The van der Waals surface area contributed by atoms with E-state index in [4.69, 9.17) is 9.47 Å². The summed E-state index contributed by atoms with van der Waals surface area (Å²) in [5.74, 6) is 0.693. The van der Waals surface area contributed by atoms with Crippen LogP contribution in [0.5, 0.6) is 11.5 Å². The maximum absolute atomic E-state index is 13.4. The Morgan fingerprint density at radius 3 is 2.14 bits per heavy atom. The number of carbonyl (C=O) groups excluding carboxylic acids is 2. The number of hydrogen-bond acceptors (Lipinski definition) is 5. The number of aromatic nitrogens is 2. The fourth-order valence-electron chi connectivity index (χ4n) is 3.38. The Kier molecular flexibility index (Phi) is 8.18. The number of halogens is 1. The summed E-state index contributed by atoms with van der Waals surface area (Å²) in [5.41, 5.74) is 1.54. The predicted octanol–water partition coefficient (Wildman–Crippen LogP) is 4.82. The average molecular weight is 498 g/mol. The van der Waals surface area contributed by atoms with Crippen LogP contribution in [0, 0.1) is 5.82 Å². The third-order valence-corrected chi connectivity index (χ3v) is 5.42. The van der Waals surface area contributed by atoms with Gasteiger partial charge in [0.15, 0.2) is 0 Å². The second-order valence-corrected chi connectivity index (χ2v) is 9.15. The number of nitrogens with one attached hydrogen (secondary N) is 2. The molecule has 36 heavy (non-hydrogen) atoms. The molecule has 3 aromatic rings. The van der Waals surface area contributed by atoms with Gasteiger partial charge in [-0.05, 0) is 31.2 Å². The van der Waals surface area contributed by atoms with E-state index in [1.165, 1.54) is 31.3 Å². The molecule has 0 atom stereocenters. The number of benzene rings is 2. The Morgan fingerprint density at radius 1 is 1.00 bits per heavy atom. The summed E-state index contributed by atoms with van der Waals surface area (Å²) in [6.45, 7) is 7.90. The second-order valence-electron chi connectivity index (χ2n) is 9.15. The molecule has 0 spiro atoms. The fourth-order valence-corrected chi connectivity index (χ4v) is 3.38. The van der Waals surface area contributed by atoms with Crippen LogP contribution in [-0.4, -0.2) is 53.9 Å². The molecule has 2 N–H and O–H groups in total. The van der Waals surface area contributed by atoms with Crippen molar-refractivity contribution in [2.75, 3.05) is 37.9 Å². The quantitative estimate of drug-likeness (QED) is 0.465. The predicted molar refractivity (Wildman–Crippen MR) is 137 cm³/mol. The first-order chi connectivity index (χ1) is 17.0. The van der Waals surface area contributed by atoms with E-state index < -0.39 is 11.9 Å². The number of hydrogen-bond donors (Lipinski definition) is 2. The molecular formula is C26H32FN5O4. The highest BCUT2D eigenvalue weighted by Gasteiger charge is 2.23. The largest absolute Gasteiger partial charge is 0.497 e. The number of rotatable bonds is 8. The third-order valence-electron chi connectivity index (χ3n) is 5.42. The van der Waals surface area contributed by atoms with Crippen LogP contribution in [0.25, 0.3) is 5.69 Å². The number of nitrogens with zero attached hydrogens (tertiary/aromatic N) is 3. The number of carbonyl (C=O) groups is 2. The fraction of sp³-hybridized carbons (Fsp3) is 0.346. The lowest BCUT2D eigenvalue weighted by Gasteiger charge is -2.21. The van der Waals surface area contributed by atoms with Crippen LogP contribution in [-0.2, 0) is 10.2 Å². The Balaban J connectivity index is 1.77. The second kappa shape index (κ2) is 11.1. The van der Waals surface area contributed by atoms with Gasteiger partial charge in [-0.15, -0.1) is 0 Å². The first kappa shape index (κ1) is 26.5. The zero-order valence-electron chi connectivity index (χ0n) is 21.4. The van der Waals surface area contributed by atoms with Crippen molar-refractivity contribution in [3.05, 3.63) is 60.0 Å². The lowest BCUT2D eigenvalue weighted by Crippen LogP contribution is -2.40. The van der Waals surface area contributed by atoms with Crippen molar-refractivity contribution < 1.29 is 23.5 Å². The van der Waals surface area contributed by atoms with E-state index in [0.29, 0.717) is 35.2 Å². The van der Waals surface area contributed by atoms with Crippen LogP contribution < -0.4 is 20.1 Å². The lowest BCUT2D eigenvalue weighted by atomic mass is 9.92. The van der Waals surface area contributed by atoms with Gasteiger partial charge in [0, 0.05) is 41.9 Å². The average Bonchev–Trinajstić information content (AvgIpc) is 3.26. The van der Waals surface area contributed by atoms with Crippen molar-refractivity contribution in [3.63, 3.8) is 0 Å². The highest BCUT2D eigenvalue weighted by molar-refractivity contribution is 5.97. The summed E-state index contributed by atoms with van der Waals surface area (Å²) in [6.07, 6.45) is 0. The Morgan fingerprint density at radius 2 is 1.61 bits per heavy atom. The molecule has 1 heterocycles. The third kappa shape index (κ3) is 6.53. The van der Waals surface area contributed by atoms with Crippen LogP contribution in [0.15, 0.2) is 48.5 Å². The smallest absolute Gasteiger partial charge is 0.322 e. The van der Waals surface area contributed by atoms with Gasteiger partial charge in [0.2, 0.25) is 5.91 Å². The van der Waals surface area contributed by atoms with Gasteiger partial charge in [-0.3, -0.25) is 4.79 Å². The molecule has 3 amide bonds. The van der Waals surface area contributed by atoms with Gasteiger partial charge in [-0.1, -0.05) is 20.8 Å². The number of amides is 3. The van der Waals surface area contributed by atoms with Crippen LogP contribution >= 0.6 is 0 Å². The minimum absolute atomic E-state index is 0.192. The monoisotopic (exact) mass is 497 g/mol. The minimum atomic E-state index is -0.453. The summed E-state index contributed by atoms with van der Waals surface area (Å²) >= 11 is 0. The van der Waals surface area contributed by atoms with Crippen molar-refractivity contribution in [2.24, 2.45) is 0 Å². The SMILES string of the molecule is CCN(CC(=O)Nc1cc(C(C)(C)C)nn1-c1ccc(F)cc1)C(=O)Nc1cc(OC)cc(OC)c1. The molecule has 0 bridgehead atoms. The van der Waals surface area contributed by atoms with E-state index in [2.05, 4.69) is 15.7 Å². The zero-order chi connectivity index (χ0) is 26.5. The highest BCUT2D eigenvalue weighted by Crippen LogP contribution is 2.27. The molecule has 0 radical (unpaired) electrons. The first-order valence-corrected chi connectivity index (χ1v) is 11.5. The number of ether oxygens (including phenoxy) is 2. The molecule has 0 aliphatic rings. The van der Waals surface area contributed by atoms with Gasteiger partial charge in [0.05, 0.1) is 25.6 Å². The van der Waals surface area contributed by atoms with Gasteiger partial charge < -0.3 is 25.0 Å². The molecule has 0 saturated carbocycles. The Hall–Kier alpha value is -4.08. The molecule has 0 aliphatic heterocycles. The number of methoxy groups -OCH3 is 2. The van der Waals surface area contributed by atoms with Crippen LogP contribution in [0.3, 0.4) is 0 Å². The van der Waals surface area contributed by atoms with Crippen LogP contribution in [0.2, 0.25) is 0 Å². The van der Waals surface area contributed by atoms with Gasteiger partial charge >= 0.3 is 6.03 Å². The van der Waals surface area contributed by atoms with Gasteiger partial charge in [-0.2, -0.15) is 5.10 Å². The van der Waals surface area contributed by atoms with Crippen LogP contribution in [0.4, 0.5) is 20.7 Å². The summed E-state index contributed by atoms with van der Waals surface area (Å²) in [6, 6.07) is 12.2. The van der Waals surface area contributed by atoms with Crippen molar-refractivity contribution in [3.8, 4) is 17.2 Å². The molecule has 0 fully saturated rings. The van der Waals surface area contributed by atoms with E-state index >= 15 is 0 Å². The molecule has 192 valence electrons. The van der Waals surface area contributed by atoms with E-state index in [1.54, 1.807) is 48.0 Å². The maximum atomic E-state index is 13.4. The van der Waals surface area contributed by atoms with Gasteiger partial charge in [-0.25, -0.2) is 13.9 Å². The maximum Gasteiger partial charge on any atom is 0.322 e. The van der Waals surface area contributed by atoms with E-state index in [9.17, 15) is 14.0 Å². The molecule has 0 unspecified atom stereocenters. The summed E-state index contributed by atoms with van der Waals surface area (Å²) < 4.78 is 25.5. The van der Waals surface area contributed by atoms with E-state index in [-0.39, 0.29) is 17.8 Å². The van der Waals surface area contributed by atoms with E-state index in [0.717, 1.165) is 5.69 Å². The molecule has 9 nitrogen and oxygen atoms in total. The first-order valence-electron chi connectivity index (χ1n) is 11.5. The lowest BCUT2D eigenvalue weighted by molar-refractivity contribution is -0.116. The number of urea groups is 1. The molecular weight excluding hydrogens is 465 g/mol. The van der Waals surface area contributed by atoms with Crippen molar-refractivity contribution >= 4 is 23.4 Å². The van der Waals surface area contributed by atoms with Gasteiger partial charge in [0.25, 0.3) is 0 Å². The standard InChI is InChI=1S/C26H32FN5O4/c1-7-31(25(34)28-18-12-20(35-5)14-21(13-18)36-6)16-24(33)29-23-15-22(26(2,3)4)30-32(23)19-10-8-17(27)9-11-19/h8-15H,7,16H2,1-6H3,(H,28,34)(H,29,33). The molecule has 3 rings (SSSR count). The van der Waals surface area contributed by atoms with Crippen molar-refractivity contribution in [2.45, 2.75) is 33.1 Å². The minimum Gasteiger partial charge on any atom is -0.497 e. The molecule has 1 aromatic heterocycles. The number of likely N-dealkylation sites (N-methyl/N-ethyl adjacent to an activating group) is 1. The Labute approximate surface area is 210 Å².